The molecule has 1 N–H and O–H groups in total. The van der Waals surface area contributed by atoms with Crippen molar-refractivity contribution in [3.63, 3.8) is 0 Å². The van der Waals surface area contributed by atoms with Crippen LogP contribution in [0.4, 0.5) is 11.4 Å². The van der Waals surface area contributed by atoms with Crippen LogP contribution in [-0.2, 0) is 11.5 Å². The Morgan fingerprint density at radius 3 is 2.65 bits per heavy atom. The number of carbonyl (C=O) groups excluding carboxylic acids is 1. The first-order valence-electron chi connectivity index (χ1n) is 11.8. The maximum atomic E-state index is 12.8. The average molecular weight is 514 g/mol. The van der Waals surface area contributed by atoms with Gasteiger partial charge in [0.05, 0.1) is 22.1 Å². The molecule has 0 aliphatic carbocycles. The Balaban J connectivity index is 1.69. The van der Waals surface area contributed by atoms with E-state index in [4.69, 9.17) is 15.1 Å². The molecule has 1 amide bonds. The molecule has 3 aromatic carbocycles. The molecule has 4 aromatic rings. The topological polar surface area (TPSA) is 123 Å². The highest BCUT2D eigenvalue weighted by molar-refractivity contribution is 6.76. The number of hydrogen-bond donors (Lipinski definition) is 1. The summed E-state index contributed by atoms with van der Waals surface area (Å²) in [4.78, 5) is 23.7. The number of carbonyl (C=O) groups is 1. The second-order valence-corrected chi connectivity index (χ2v) is 15.5. The standard InChI is InChI=1S/C27H27N5O4Si/c1-37(2,3)13-12-36-18-31-25-11-10-22(29-27(33)21-8-4-6-19(14-21)17-28)16-24(25)26(30-31)20-7-5-9-23(15-20)32(34)35/h4-11,14-16H,12-13,18H2,1-3H3,(H,29,33). The molecule has 0 radical (unpaired) electrons. The van der Waals surface area contributed by atoms with Crippen molar-refractivity contribution in [1.29, 1.82) is 5.26 Å². The van der Waals surface area contributed by atoms with Gasteiger partial charge in [-0.25, -0.2) is 4.68 Å². The summed E-state index contributed by atoms with van der Waals surface area (Å²) in [5.41, 5.74) is 3.18. The molecule has 0 bridgehead atoms. The van der Waals surface area contributed by atoms with Crippen LogP contribution in [0.25, 0.3) is 22.2 Å². The minimum absolute atomic E-state index is 0.0339. The number of aromatic nitrogens is 2. The molecule has 0 fully saturated rings. The van der Waals surface area contributed by atoms with Gasteiger partial charge in [0.2, 0.25) is 0 Å². The van der Waals surface area contributed by atoms with E-state index in [-0.39, 0.29) is 18.3 Å². The van der Waals surface area contributed by atoms with Gasteiger partial charge in [-0.05, 0) is 42.4 Å². The van der Waals surface area contributed by atoms with Gasteiger partial charge in [0, 0.05) is 49.0 Å². The number of nitro benzene ring substituents is 1. The SMILES string of the molecule is C[Si](C)(C)CCOCn1nc(-c2cccc([N+](=O)[O-])c2)c2cc(NC(=O)c3cccc(C#N)c3)ccc21. The highest BCUT2D eigenvalue weighted by Gasteiger charge is 2.18. The number of nitrogens with zero attached hydrogens (tertiary/aromatic N) is 4. The molecule has 10 heteroatoms. The highest BCUT2D eigenvalue weighted by Crippen LogP contribution is 2.32. The molecule has 9 nitrogen and oxygen atoms in total. The number of ether oxygens (including phenoxy) is 1. The van der Waals surface area contributed by atoms with Gasteiger partial charge in [-0.2, -0.15) is 10.4 Å². The number of nitro groups is 1. The van der Waals surface area contributed by atoms with Gasteiger partial charge in [-0.1, -0.05) is 37.8 Å². The van der Waals surface area contributed by atoms with Gasteiger partial charge in [-0.15, -0.1) is 0 Å². The molecule has 0 saturated carbocycles. The Kier molecular flexibility index (Phi) is 7.47. The number of non-ortho nitro benzene ring substituents is 1. The van der Waals surface area contributed by atoms with Crippen LogP contribution >= 0.6 is 0 Å². The average Bonchev–Trinajstić information content (AvgIpc) is 3.24. The lowest BCUT2D eigenvalue weighted by molar-refractivity contribution is -0.384. The van der Waals surface area contributed by atoms with Crippen molar-refractivity contribution in [2.24, 2.45) is 0 Å². The number of amides is 1. The van der Waals surface area contributed by atoms with Crippen molar-refractivity contribution in [1.82, 2.24) is 9.78 Å². The van der Waals surface area contributed by atoms with Gasteiger partial charge in [0.1, 0.15) is 12.4 Å². The molecular formula is C27H27N5O4Si. The van der Waals surface area contributed by atoms with Crippen molar-refractivity contribution in [2.45, 2.75) is 32.4 Å². The van der Waals surface area contributed by atoms with Crippen LogP contribution in [0.5, 0.6) is 0 Å². The molecule has 4 rings (SSSR count). The molecule has 0 aliphatic heterocycles. The molecule has 0 aliphatic rings. The number of hydrogen-bond acceptors (Lipinski definition) is 6. The summed E-state index contributed by atoms with van der Waals surface area (Å²) in [5, 5.41) is 28.8. The van der Waals surface area contributed by atoms with Crippen LogP contribution < -0.4 is 5.32 Å². The zero-order valence-electron chi connectivity index (χ0n) is 20.9. The van der Waals surface area contributed by atoms with E-state index in [0.717, 1.165) is 16.9 Å². The number of nitriles is 1. The van der Waals surface area contributed by atoms with E-state index in [2.05, 4.69) is 25.0 Å². The third kappa shape index (κ3) is 6.27. The van der Waals surface area contributed by atoms with Gasteiger partial charge in [0.25, 0.3) is 11.6 Å². The first-order chi connectivity index (χ1) is 17.6. The lowest BCUT2D eigenvalue weighted by Gasteiger charge is -2.15. The third-order valence-corrected chi connectivity index (χ3v) is 7.51. The van der Waals surface area contributed by atoms with Gasteiger partial charge in [-0.3, -0.25) is 14.9 Å². The van der Waals surface area contributed by atoms with Crippen LogP contribution in [0.2, 0.25) is 25.7 Å². The van der Waals surface area contributed by atoms with Gasteiger partial charge in [0.15, 0.2) is 0 Å². The molecule has 0 unspecified atom stereocenters. The Labute approximate surface area is 215 Å². The quantitative estimate of drug-likeness (QED) is 0.126. The Bertz CT molecular complexity index is 1520. The smallest absolute Gasteiger partial charge is 0.270 e. The molecular weight excluding hydrogens is 486 g/mol. The van der Waals surface area contributed by atoms with E-state index in [0.29, 0.717) is 34.7 Å². The van der Waals surface area contributed by atoms with Gasteiger partial charge < -0.3 is 10.1 Å². The fraction of sp³-hybridized carbons (Fsp3) is 0.222. The second-order valence-electron chi connectivity index (χ2n) is 9.88. The largest absolute Gasteiger partial charge is 0.360 e. The molecule has 188 valence electrons. The lowest BCUT2D eigenvalue weighted by Crippen LogP contribution is -2.22. The van der Waals surface area contributed by atoms with E-state index in [1.165, 1.54) is 18.2 Å². The lowest BCUT2D eigenvalue weighted by atomic mass is 10.1. The van der Waals surface area contributed by atoms with Crippen LogP contribution in [-0.4, -0.2) is 35.3 Å². The van der Waals surface area contributed by atoms with Crippen LogP contribution in [0.15, 0.2) is 66.7 Å². The summed E-state index contributed by atoms with van der Waals surface area (Å²) in [6.45, 7) is 7.72. The van der Waals surface area contributed by atoms with Crippen molar-refractivity contribution in [2.75, 3.05) is 11.9 Å². The van der Waals surface area contributed by atoms with E-state index in [1.807, 2.05) is 12.1 Å². The predicted molar refractivity (Wildman–Crippen MR) is 145 cm³/mol. The Morgan fingerprint density at radius 2 is 1.92 bits per heavy atom. The summed E-state index contributed by atoms with van der Waals surface area (Å²) in [6.07, 6.45) is 0. The minimum Gasteiger partial charge on any atom is -0.360 e. The predicted octanol–water partition coefficient (Wildman–Crippen LogP) is 6.05. The fourth-order valence-corrected chi connectivity index (χ4v) is 4.55. The summed E-state index contributed by atoms with van der Waals surface area (Å²) in [7, 11) is -1.25. The number of anilines is 1. The first kappa shape index (κ1) is 25.8. The number of fused-ring (bicyclic) bond motifs is 1. The molecule has 0 saturated heterocycles. The van der Waals surface area contributed by atoms with Crippen LogP contribution in [0.1, 0.15) is 15.9 Å². The van der Waals surface area contributed by atoms with E-state index >= 15 is 0 Å². The summed E-state index contributed by atoms with van der Waals surface area (Å²) in [5.74, 6) is -0.351. The van der Waals surface area contributed by atoms with E-state index < -0.39 is 13.0 Å². The maximum absolute atomic E-state index is 12.8. The summed E-state index contributed by atoms with van der Waals surface area (Å²) in [6, 6.07) is 21.2. The normalized spacial score (nSPS) is 11.3. The van der Waals surface area contributed by atoms with E-state index in [1.54, 1.807) is 47.1 Å². The summed E-state index contributed by atoms with van der Waals surface area (Å²) < 4.78 is 7.65. The summed E-state index contributed by atoms with van der Waals surface area (Å²) >= 11 is 0. The third-order valence-electron chi connectivity index (χ3n) is 5.80. The fourth-order valence-electron chi connectivity index (χ4n) is 3.80. The number of nitrogens with one attached hydrogen (secondary N) is 1. The molecule has 0 atom stereocenters. The molecule has 1 aromatic heterocycles. The van der Waals surface area contributed by atoms with Crippen molar-refractivity contribution in [3.8, 4) is 17.3 Å². The molecule has 37 heavy (non-hydrogen) atoms. The molecule has 0 spiro atoms. The monoisotopic (exact) mass is 513 g/mol. The zero-order chi connectivity index (χ0) is 26.6. The Morgan fingerprint density at radius 1 is 1.14 bits per heavy atom. The van der Waals surface area contributed by atoms with Crippen LogP contribution in [0.3, 0.4) is 0 Å². The van der Waals surface area contributed by atoms with Crippen molar-refractivity contribution in [3.05, 3.63) is 88.0 Å². The highest BCUT2D eigenvalue weighted by atomic mass is 28.3. The number of benzene rings is 3. The molecule has 1 heterocycles. The zero-order valence-corrected chi connectivity index (χ0v) is 21.9. The Hall–Kier alpha value is -4.33. The van der Waals surface area contributed by atoms with E-state index in [9.17, 15) is 14.9 Å². The van der Waals surface area contributed by atoms with Crippen LogP contribution in [0, 0.1) is 21.4 Å². The minimum atomic E-state index is -1.25. The maximum Gasteiger partial charge on any atom is 0.270 e. The van der Waals surface area contributed by atoms with Gasteiger partial charge >= 0.3 is 0 Å². The van der Waals surface area contributed by atoms with Crippen molar-refractivity contribution < 1.29 is 14.5 Å². The second kappa shape index (κ2) is 10.7. The number of rotatable bonds is 9. The van der Waals surface area contributed by atoms with Crippen molar-refractivity contribution >= 4 is 36.3 Å². The first-order valence-corrected chi connectivity index (χ1v) is 15.5.